The van der Waals surface area contributed by atoms with Gasteiger partial charge >= 0.3 is 6.09 Å². The molecule has 0 spiro atoms. The van der Waals surface area contributed by atoms with Crippen molar-refractivity contribution in [1.29, 1.82) is 0 Å². The van der Waals surface area contributed by atoms with Crippen LogP contribution < -0.4 is 14.2 Å². The molecule has 6 rings (SSSR count). The van der Waals surface area contributed by atoms with Gasteiger partial charge in [0.2, 0.25) is 5.79 Å². The molecule has 1 aliphatic heterocycles. The van der Waals surface area contributed by atoms with Gasteiger partial charge in [-0.2, -0.15) is 0 Å². The van der Waals surface area contributed by atoms with Gasteiger partial charge in [-0.05, 0) is 100 Å². The summed E-state index contributed by atoms with van der Waals surface area (Å²) in [6.07, 6.45) is 6.92. The number of aliphatic hydroxyl groups is 3. The molecule has 1 heterocycles. The minimum Gasteiger partial charge on any atom is -0.459 e. The van der Waals surface area contributed by atoms with Crippen molar-refractivity contribution in [1.82, 2.24) is 4.90 Å². The number of rotatable bonds is 23. The van der Waals surface area contributed by atoms with Gasteiger partial charge in [0.05, 0.1) is 54.0 Å². The number of ether oxygens (including phenoxy) is 5. The second-order valence-electron chi connectivity index (χ2n) is 17.5. The summed E-state index contributed by atoms with van der Waals surface area (Å²) in [6, 6.07) is 15.4. The lowest BCUT2D eigenvalue weighted by Crippen LogP contribution is -2.70. The van der Waals surface area contributed by atoms with Gasteiger partial charge in [-0.1, -0.05) is 36.2 Å². The van der Waals surface area contributed by atoms with Crippen LogP contribution in [0.25, 0.3) is 0 Å². The summed E-state index contributed by atoms with van der Waals surface area (Å²) < 4.78 is 32.2. The highest BCUT2D eigenvalue weighted by atomic mass is 16.7. The van der Waals surface area contributed by atoms with Crippen LogP contribution >= 0.6 is 0 Å². The molecule has 3 aliphatic rings. The minimum atomic E-state index is -1.67. The van der Waals surface area contributed by atoms with Crippen LogP contribution in [-0.2, 0) is 14.3 Å². The second kappa shape index (κ2) is 22.5. The molecule has 66 heavy (non-hydrogen) atoms. The van der Waals surface area contributed by atoms with Crippen molar-refractivity contribution in [2.75, 3.05) is 46.2 Å². The number of unbranched alkanes of at least 4 members (excludes halogenated alkanes) is 2. The highest BCUT2D eigenvalue weighted by Gasteiger charge is 2.65. The summed E-state index contributed by atoms with van der Waals surface area (Å²) in [4.78, 5) is 44.5. The molecular formula is C48H60N4O14. The Morgan fingerprint density at radius 3 is 2.27 bits per heavy atom. The van der Waals surface area contributed by atoms with Gasteiger partial charge in [0.25, 0.3) is 11.4 Å². The normalized spacial score (nSPS) is 22.5. The van der Waals surface area contributed by atoms with Gasteiger partial charge in [0, 0.05) is 55.9 Å². The predicted octanol–water partition coefficient (Wildman–Crippen LogP) is 8.24. The number of hydrogen-bond acceptors (Lipinski definition) is 15. The Balaban J connectivity index is 1.59. The van der Waals surface area contributed by atoms with E-state index in [0.29, 0.717) is 49.3 Å². The number of aliphatic hydroxyl groups excluding tert-OH is 3. The molecule has 356 valence electrons. The van der Waals surface area contributed by atoms with E-state index in [4.69, 9.17) is 33.7 Å². The number of amides is 1. The molecule has 1 amide bonds. The van der Waals surface area contributed by atoms with Crippen molar-refractivity contribution in [3.8, 4) is 23.0 Å². The number of hydrogen-bond donors (Lipinski definition) is 3. The average Bonchev–Trinajstić information content (AvgIpc) is 3.29. The number of benzene rings is 3. The van der Waals surface area contributed by atoms with E-state index in [9.17, 15) is 40.3 Å². The number of carbonyl (C=O) groups is 1. The maximum atomic E-state index is 14.8. The van der Waals surface area contributed by atoms with E-state index in [2.05, 4.69) is 12.7 Å². The van der Waals surface area contributed by atoms with Crippen molar-refractivity contribution < 1.29 is 58.5 Å². The molecule has 18 nitrogen and oxygen atoms in total. The van der Waals surface area contributed by atoms with Crippen LogP contribution in [0.1, 0.15) is 77.2 Å². The standard InChI is InChI=1S/C48H60N4O14/c1-5-25-62-48-43(50(21-26-61-27-24-55)46(56)64-35-17-15-33(16-18-35)51(57)58)31-41(49-66-47(2,3)4)39-28-32(11-6-8-22-53)38(14-7-9-23-54)44(45(39)48)40-30-37(19-20-42(40)65-48)63-36-13-10-12-34(29-36)52(59)60/h5,10,12-13,15-20,28-30,32,38,43-45,53-55H,1,6-9,11,14,21-27,31H2,2-4H3. The van der Waals surface area contributed by atoms with Crippen molar-refractivity contribution in [3.63, 3.8) is 0 Å². The van der Waals surface area contributed by atoms with Crippen LogP contribution in [0.3, 0.4) is 0 Å². The fourth-order valence-electron chi connectivity index (χ4n) is 9.20. The van der Waals surface area contributed by atoms with Crippen LogP contribution in [0.4, 0.5) is 16.2 Å². The van der Waals surface area contributed by atoms with Crippen LogP contribution in [0.5, 0.6) is 23.0 Å². The third kappa shape index (κ3) is 11.7. The molecule has 0 bridgehead atoms. The first-order chi connectivity index (χ1) is 31.7. The van der Waals surface area contributed by atoms with Gasteiger partial charge in [-0.15, -0.1) is 6.58 Å². The quantitative estimate of drug-likeness (QED) is 0.0352. The number of nitro groups is 2. The zero-order chi connectivity index (χ0) is 47.4. The summed E-state index contributed by atoms with van der Waals surface area (Å²) in [7, 11) is 0. The van der Waals surface area contributed by atoms with Crippen molar-refractivity contribution in [2.45, 2.75) is 89.1 Å². The topological polar surface area (TPSA) is 235 Å². The summed E-state index contributed by atoms with van der Waals surface area (Å²) >= 11 is 0. The molecule has 6 unspecified atom stereocenters. The molecule has 18 heteroatoms. The Kier molecular flexibility index (Phi) is 16.9. The number of non-ortho nitro benzene ring substituents is 2. The largest absolute Gasteiger partial charge is 0.459 e. The average molecular weight is 917 g/mol. The molecule has 1 saturated carbocycles. The van der Waals surface area contributed by atoms with E-state index in [1.165, 1.54) is 41.3 Å². The maximum Gasteiger partial charge on any atom is 0.415 e. The van der Waals surface area contributed by atoms with E-state index in [1.54, 1.807) is 30.3 Å². The fourth-order valence-corrected chi connectivity index (χ4v) is 9.20. The first kappa shape index (κ1) is 49.5. The Labute approximate surface area is 383 Å². The summed E-state index contributed by atoms with van der Waals surface area (Å²) in [5.74, 6) is -1.84. The van der Waals surface area contributed by atoms with E-state index < -0.39 is 45.2 Å². The van der Waals surface area contributed by atoms with Crippen molar-refractivity contribution >= 4 is 23.2 Å². The number of allylic oxidation sites excluding steroid dienone is 1. The van der Waals surface area contributed by atoms with E-state index in [1.807, 2.05) is 26.8 Å². The van der Waals surface area contributed by atoms with Gasteiger partial charge in [-0.3, -0.25) is 25.1 Å². The molecule has 6 atom stereocenters. The highest BCUT2D eigenvalue weighted by Crippen LogP contribution is 2.62. The van der Waals surface area contributed by atoms with Gasteiger partial charge in [0.15, 0.2) is 0 Å². The lowest BCUT2D eigenvalue weighted by molar-refractivity contribution is -0.385. The Morgan fingerprint density at radius 1 is 0.909 bits per heavy atom. The van der Waals surface area contributed by atoms with Crippen molar-refractivity contribution in [2.24, 2.45) is 22.9 Å². The number of oxime groups is 1. The summed E-state index contributed by atoms with van der Waals surface area (Å²) in [5.41, 5.74) is 1.03. The van der Waals surface area contributed by atoms with Crippen LogP contribution in [0.15, 0.2) is 96.2 Å². The Bertz CT molecular complexity index is 2230. The molecule has 2 aliphatic carbocycles. The first-order valence-corrected chi connectivity index (χ1v) is 22.3. The summed E-state index contributed by atoms with van der Waals surface area (Å²) in [6.45, 7) is 9.23. The molecule has 1 fully saturated rings. The van der Waals surface area contributed by atoms with Crippen LogP contribution in [0.2, 0.25) is 0 Å². The van der Waals surface area contributed by atoms with E-state index in [-0.39, 0.29) is 87.3 Å². The third-order valence-electron chi connectivity index (χ3n) is 11.9. The lowest BCUT2D eigenvalue weighted by Gasteiger charge is -2.59. The predicted molar refractivity (Wildman–Crippen MR) is 243 cm³/mol. The van der Waals surface area contributed by atoms with Gasteiger partial charge in [-0.25, -0.2) is 4.79 Å². The number of nitro benzene ring substituents is 2. The minimum absolute atomic E-state index is 0.00241. The maximum absolute atomic E-state index is 14.8. The zero-order valence-corrected chi connectivity index (χ0v) is 37.6. The number of fused-ring (bicyclic) bond motifs is 2. The molecule has 3 N–H and O–H groups in total. The SMILES string of the molecule is C=CCOC12Oc3ccc(Oc4cccc([N+](=O)[O-])c4)cc3C3C(CCCCO)C(CCCCO)C=C(C(=NOC(C)(C)C)CC1N(CCOCCO)C(=O)Oc1ccc([N+](=O)[O-])cc1)C32. The molecule has 0 radical (unpaired) electrons. The van der Waals surface area contributed by atoms with E-state index in [0.717, 1.165) is 17.6 Å². The van der Waals surface area contributed by atoms with Gasteiger partial charge in [0.1, 0.15) is 34.6 Å². The first-order valence-electron chi connectivity index (χ1n) is 22.3. The highest BCUT2D eigenvalue weighted by molar-refractivity contribution is 6.03. The van der Waals surface area contributed by atoms with Crippen molar-refractivity contribution in [3.05, 3.63) is 117 Å². The molecule has 0 aromatic heterocycles. The smallest absolute Gasteiger partial charge is 0.415 e. The second-order valence-corrected chi connectivity index (χ2v) is 17.5. The van der Waals surface area contributed by atoms with Gasteiger partial charge < -0.3 is 43.8 Å². The van der Waals surface area contributed by atoms with E-state index >= 15 is 0 Å². The third-order valence-corrected chi connectivity index (χ3v) is 11.9. The Hall–Kier alpha value is -5.92. The summed E-state index contributed by atoms with van der Waals surface area (Å²) in [5, 5.41) is 57.4. The number of nitrogens with zero attached hydrogens (tertiary/aromatic N) is 4. The lowest BCUT2D eigenvalue weighted by atomic mass is 9.55. The zero-order valence-electron chi connectivity index (χ0n) is 37.6. The van der Waals surface area contributed by atoms with Crippen LogP contribution in [-0.4, -0.2) is 105 Å². The molecule has 3 aromatic carbocycles. The molecule has 3 aromatic rings. The fraction of sp³-hybridized carbons (Fsp3) is 0.500. The van der Waals surface area contributed by atoms with Crippen LogP contribution in [0, 0.1) is 38.0 Å². The monoisotopic (exact) mass is 916 g/mol. The molecular weight excluding hydrogens is 857 g/mol. The Morgan fingerprint density at radius 2 is 1.61 bits per heavy atom. The molecule has 0 saturated heterocycles. The number of carbonyl (C=O) groups excluding carboxylic acids is 1.